The Morgan fingerprint density at radius 3 is 2.76 bits per heavy atom. The molecule has 1 heterocycles. The molecular weight excluding hydrogens is 210 g/mol. The van der Waals surface area contributed by atoms with Gasteiger partial charge in [0.1, 0.15) is 0 Å². The van der Waals surface area contributed by atoms with Crippen LogP contribution in [0.1, 0.15) is 31.7 Å². The van der Waals surface area contributed by atoms with Gasteiger partial charge in [-0.25, -0.2) is 0 Å². The second kappa shape index (κ2) is 5.87. The molecule has 1 aromatic heterocycles. The van der Waals surface area contributed by atoms with Crippen molar-refractivity contribution in [3.05, 3.63) is 36.0 Å². The predicted molar refractivity (Wildman–Crippen MR) is 72.3 cm³/mol. The van der Waals surface area contributed by atoms with Crippen LogP contribution in [0.2, 0.25) is 0 Å². The molecule has 0 saturated heterocycles. The van der Waals surface area contributed by atoms with Crippen molar-refractivity contribution >= 4 is 10.9 Å². The first kappa shape index (κ1) is 12.2. The number of aliphatic hydroxyl groups is 1. The van der Waals surface area contributed by atoms with Gasteiger partial charge in [0.05, 0.1) is 5.52 Å². The van der Waals surface area contributed by atoms with Crippen molar-refractivity contribution in [2.24, 2.45) is 0 Å². The monoisotopic (exact) mass is 231 g/mol. The summed E-state index contributed by atoms with van der Waals surface area (Å²) in [6.45, 7) is 3.57. The van der Waals surface area contributed by atoms with Crippen molar-refractivity contribution in [2.75, 3.05) is 6.61 Å². The van der Waals surface area contributed by atoms with Crippen LogP contribution in [-0.4, -0.2) is 16.3 Å². The standard InChI is InChI=1S/C15H21NO/c1-2-13-7-6-8-14-9-11-16(15(13)14)10-4-3-5-12-17/h6-9,11,17H,2-5,10,12H2,1H3. The lowest BCUT2D eigenvalue weighted by Gasteiger charge is -2.08. The number of rotatable bonds is 6. The number of hydrogen-bond donors (Lipinski definition) is 1. The second-order valence-corrected chi connectivity index (χ2v) is 4.50. The van der Waals surface area contributed by atoms with E-state index < -0.39 is 0 Å². The summed E-state index contributed by atoms with van der Waals surface area (Å²) in [4.78, 5) is 0. The van der Waals surface area contributed by atoms with Crippen LogP contribution < -0.4 is 0 Å². The van der Waals surface area contributed by atoms with Crippen molar-refractivity contribution in [1.82, 2.24) is 4.57 Å². The van der Waals surface area contributed by atoms with Crippen LogP contribution in [0.15, 0.2) is 30.5 Å². The van der Waals surface area contributed by atoms with E-state index in [0.717, 1.165) is 32.2 Å². The molecule has 2 aromatic rings. The molecule has 0 aliphatic carbocycles. The Bertz CT molecular complexity index is 473. The van der Waals surface area contributed by atoms with Crippen LogP contribution in [0.25, 0.3) is 10.9 Å². The van der Waals surface area contributed by atoms with Gasteiger partial charge < -0.3 is 9.67 Å². The molecule has 2 rings (SSSR count). The first-order chi connectivity index (χ1) is 8.36. The third-order valence-corrected chi connectivity index (χ3v) is 3.31. The van der Waals surface area contributed by atoms with Gasteiger partial charge in [-0.05, 0) is 42.7 Å². The summed E-state index contributed by atoms with van der Waals surface area (Å²) in [6.07, 6.45) is 6.42. The van der Waals surface area contributed by atoms with Gasteiger partial charge in [-0.1, -0.05) is 25.1 Å². The third kappa shape index (κ3) is 2.70. The Kier molecular flexibility index (Phi) is 4.21. The van der Waals surface area contributed by atoms with Crippen molar-refractivity contribution in [3.8, 4) is 0 Å². The number of nitrogens with zero attached hydrogens (tertiary/aromatic N) is 1. The van der Waals surface area contributed by atoms with Crippen molar-refractivity contribution in [3.63, 3.8) is 0 Å². The maximum atomic E-state index is 8.77. The highest BCUT2D eigenvalue weighted by molar-refractivity contribution is 5.83. The van der Waals surface area contributed by atoms with Gasteiger partial charge in [-0.2, -0.15) is 0 Å². The number of aromatic nitrogens is 1. The SMILES string of the molecule is CCc1cccc2ccn(CCCCCO)c12. The molecule has 0 amide bonds. The van der Waals surface area contributed by atoms with E-state index >= 15 is 0 Å². The summed E-state index contributed by atoms with van der Waals surface area (Å²) < 4.78 is 2.35. The Labute approximate surface area is 103 Å². The van der Waals surface area contributed by atoms with Gasteiger partial charge in [0.15, 0.2) is 0 Å². The predicted octanol–water partition coefficient (Wildman–Crippen LogP) is 3.37. The van der Waals surface area contributed by atoms with E-state index in [1.807, 2.05) is 0 Å². The molecule has 0 saturated carbocycles. The minimum absolute atomic E-state index is 0.312. The fraction of sp³-hybridized carbons (Fsp3) is 0.467. The van der Waals surface area contributed by atoms with E-state index in [0.29, 0.717) is 6.61 Å². The molecule has 0 unspecified atom stereocenters. The average Bonchev–Trinajstić information content (AvgIpc) is 2.78. The molecule has 2 heteroatoms. The summed E-state index contributed by atoms with van der Waals surface area (Å²) in [5.74, 6) is 0. The number of hydrogen-bond acceptors (Lipinski definition) is 1. The van der Waals surface area contributed by atoms with E-state index in [4.69, 9.17) is 5.11 Å². The molecule has 1 N–H and O–H groups in total. The van der Waals surface area contributed by atoms with Gasteiger partial charge >= 0.3 is 0 Å². The highest BCUT2D eigenvalue weighted by atomic mass is 16.2. The van der Waals surface area contributed by atoms with Crippen LogP contribution in [0.5, 0.6) is 0 Å². The molecule has 0 fully saturated rings. The second-order valence-electron chi connectivity index (χ2n) is 4.50. The number of fused-ring (bicyclic) bond motifs is 1. The molecule has 92 valence electrons. The lowest BCUT2D eigenvalue weighted by molar-refractivity contribution is 0.282. The Hall–Kier alpha value is -1.28. The first-order valence-electron chi connectivity index (χ1n) is 6.54. The Morgan fingerprint density at radius 2 is 2.00 bits per heavy atom. The summed E-state index contributed by atoms with van der Waals surface area (Å²) in [5.41, 5.74) is 2.81. The zero-order valence-corrected chi connectivity index (χ0v) is 10.5. The fourth-order valence-corrected chi connectivity index (χ4v) is 2.38. The largest absolute Gasteiger partial charge is 0.396 e. The van der Waals surface area contributed by atoms with Crippen LogP contribution in [0.3, 0.4) is 0 Å². The Balaban J connectivity index is 2.16. The molecule has 0 atom stereocenters. The normalized spacial score (nSPS) is 11.2. The highest BCUT2D eigenvalue weighted by Crippen LogP contribution is 2.21. The van der Waals surface area contributed by atoms with Crippen LogP contribution in [0.4, 0.5) is 0 Å². The van der Waals surface area contributed by atoms with Gasteiger partial charge in [0, 0.05) is 19.3 Å². The van der Waals surface area contributed by atoms with E-state index in [-0.39, 0.29) is 0 Å². The van der Waals surface area contributed by atoms with E-state index in [1.165, 1.54) is 16.5 Å². The molecule has 17 heavy (non-hydrogen) atoms. The van der Waals surface area contributed by atoms with Gasteiger partial charge in [-0.15, -0.1) is 0 Å². The molecule has 1 aromatic carbocycles. The quantitative estimate of drug-likeness (QED) is 0.758. The van der Waals surface area contributed by atoms with Gasteiger partial charge in [0.25, 0.3) is 0 Å². The smallest absolute Gasteiger partial charge is 0.0512 e. The molecule has 0 bridgehead atoms. The average molecular weight is 231 g/mol. The number of benzene rings is 1. The molecule has 0 radical (unpaired) electrons. The summed E-state index contributed by atoms with van der Waals surface area (Å²) in [6, 6.07) is 8.73. The number of aryl methyl sites for hydroxylation is 2. The fourth-order valence-electron chi connectivity index (χ4n) is 2.38. The van der Waals surface area contributed by atoms with Gasteiger partial charge in [0.2, 0.25) is 0 Å². The van der Waals surface area contributed by atoms with Crippen molar-refractivity contribution < 1.29 is 5.11 Å². The van der Waals surface area contributed by atoms with Crippen LogP contribution in [0, 0.1) is 0 Å². The first-order valence-corrected chi connectivity index (χ1v) is 6.54. The zero-order valence-electron chi connectivity index (χ0n) is 10.5. The van der Waals surface area contributed by atoms with E-state index in [1.54, 1.807) is 0 Å². The number of para-hydroxylation sites is 1. The zero-order chi connectivity index (χ0) is 12.1. The summed E-state index contributed by atoms with van der Waals surface area (Å²) >= 11 is 0. The van der Waals surface area contributed by atoms with Crippen LogP contribution in [-0.2, 0) is 13.0 Å². The summed E-state index contributed by atoms with van der Waals surface area (Å²) in [5, 5.41) is 10.1. The number of unbranched alkanes of at least 4 members (excludes halogenated alkanes) is 2. The topological polar surface area (TPSA) is 25.2 Å². The van der Waals surface area contributed by atoms with E-state index in [9.17, 15) is 0 Å². The van der Waals surface area contributed by atoms with Crippen molar-refractivity contribution in [1.29, 1.82) is 0 Å². The van der Waals surface area contributed by atoms with E-state index in [2.05, 4.69) is 42.0 Å². The lowest BCUT2D eigenvalue weighted by atomic mass is 10.1. The molecule has 0 aliphatic rings. The van der Waals surface area contributed by atoms with Gasteiger partial charge in [-0.3, -0.25) is 0 Å². The third-order valence-electron chi connectivity index (χ3n) is 3.31. The number of aliphatic hydroxyl groups excluding tert-OH is 1. The Morgan fingerprint density at radius 1 is 1.12 bits per heavy atom. The summed E-state index contributed by atoms with van der Waals surface area (Å²) in [7, 11) is 0. The molecule has 0 aliphatic heterocycles. The highest BCUT2D eigenvalue weighted by Gasteiger charge is 2.04. The molecular formula is C15H21NO. The maximum absolute atomic E-state index is 8.77. The van der Waals surface area contributed by atoms with Crippen molar-refractivity contribution in [2.45, 2.75) is 39.2 Å². The maximum Gasteiger partial charge on any atom is 0.0512 e. The molecule has 2 nitrogen and oxygen atoms in total. The molecule has 0 spiro atoms. The lowest BCUT2D eigenvalue weighted by Crippen LogP contribution is -1.99. The van der Waals surface area contributed by atoms with Crippen LogP contribution >= 0.6 is 0 Å². The minimum Gasteiger partial charge on any atom is -0.396 e. The minimum atomic E-state index is 0.312.